The fourth-order valence-corrected chi connectivity index (χ4v) is 4.00. The van der Waals surface area contributed by atoms with Crippen LogP contribution in [0.15, 0.2) is 78.9 Å². The molecule has 7 heteroatoms. The molecule has 4 aromatic rings. The number of rotatable bonds is 12. The third kappa shape index (κ3) is 7.03. The zero-order valence-corrected chi connectivity index (χ0v) is 22.5. The summed E-state index contributed by atoms with van der Waals surface area (Å²) in [6.45, 7) is 5.07. The van der Waals surface area contributed by atoms with Crippen molar-refractivity contribution in [2.24, 2.45) is 0 Å². The van der Waals surface area contributed by atoms with E-state index in [1.165, 1.54) is 48.5 Å². The van der Waals surface area contributed by atoms with Crippen LogP contribution in [0.5, 0.6) is 17.2 Å². The van der Waals surface area contributed by atoms with Crippen molar-refractivity contribution < 1.29 is 32.2 Å². The summed E-state index contributed by atoms with van der Waals surface area (Å²) in [4.78, 5) is 12.5. The summed E-state index contributed by atoms with van der Waals surface area (Å²) >= 11 is 0. The fourth-order valence-electron chi connectivity index (χ4n) is 4.00. The maximum Gasteiger partial charge on any atom is 0.343 e. The number of hydrogen-bond acceptors (Lipinski definition) is 4. The van der Waals surface area contributed by atoms with Gasteiger partial charge in [0, 0.05) is 11.1 Å². The Bertz CT molecular complexity index is 1430. The van der Waals surface area contributed by atoms with E-state index in [0.717, 1.165) is 31.7 Å². The molecule has 0 aliphatic carbocycles. The second-order valence-electron chi connectivity index (χ2n) is 9.28. The topological polar surface area (TPSA) is 44.8 Å². The average molecular weight is 549 g/mol. The Morgan fingerprint density at radius 2 is 1.18 bits per heavy atom. The molecule has 208 valence electrons. The minimum atomic E-state index is -0.984. The van der Waals surface area contributed by atoms with Crippen molar-refractivity contribution in [2.75, 3.05) is 13.2 Å². The quantitative estimate of drug-likeness (QED) is 0.101. The maximum atomic E-state index is 15.1. The number of ether oxygens (including phenoxy) is 3. The van der Waals surface area contributed by atoms with E-state index < -0.39 is 23.4 Å². The standard InChI is InChI=1S/C33H31F3O4/c1-3-5-19-38-25-12-7-22(8-13-25)27-16-17-28(32(36)31(27)35)23-9-14-26(15-10-23)40-33(37)24-11-18-30(29(34)21-24)39-20-6-4-2/h7-18,21H,3-6,19-20H2,1-2H3. The van der Waals surface area contributed by atoms with Gasteiger partial charge in [-0.3, -0.25) is 0 Å². The molecule has 0 radical (unpaired) electrons. The van der Waals surface area contributed by atoms with E-state index in [-0.39, 0.29) is 28.2 Å². The predicted octanol–water partition coefficient (Wildman–Crippen LogP) is 9.01. The van der Waals surface area contributed by atoms with E-state index in [2.05, 4.69) is 6.92 Å². The van der Waals surface area contributed by atoms with Crippen LogP contribution in [0.1, 0.15) is 49.9 Å². The molecule has 0 N–H and O–H groups in total. The van der Waals surface area contributed by atoms with Crippen LogP contribution < -0.4 is 14.2 Å². The summed E-state index contributed by atoms with van der Waals surface area (Å²) < 4.78 is 60.8. The molecule has 0 heterocycles. The summed E-state index contributed by atoms with van der Waals surface area (Å²) in [7, 11) is 0. The molecule has 40 heavy (non-hydrogen) atoms. The Balaban J connectivity index is 1.43. The SMILES string of the molecule is CCCCOc1ccc(-c2ccc(-c3ccc(OC(=O)c4ccc(OCCCC)c(F)c4)cc3)c(F)c2F)cc1. The maximum absolute atomic E-state index is 15.1. The van der Waals surface area contributed by atoms with Gasteiger partial charge >= 0.3 is 5.97 Å². The van der Waals surface area contributed by atoms with E-state index in [1.54, 1.807) is 24.3 Å². The lowest BCUT2D eigenvalue weighted by Crippen LogP contribution is -2.09. The van der Waals surface area contributed by atoms with Gasteiger partial charge < -0.3 is 14.2 Å². The molecule has 0 atom stereocenters. The van der Waals surface area contributed by atoms with Crippen LogP contribution in [0.25, 0.3) is 22.3 Å². The monoisotopic (exact) mass is 548 g/mol. The largest absolute Gasteiger partial charge is 0.494 e. The normalized spacial score (nSPS) is 10.8. The Labute approximate surface area is 232 Å². The zero-order valence-electron chi connectivity index (χ0n) is 22.5. The molecule has 0 aliphatic heterocycles. The predicted molar refractivity (Wildman–Crippen MR) is 149 cm³/mol. The fraction of sp³-hybridized carbons (Fsp3) is 0.242. The van der Waals surface area contributed by atoms with Crippen LogP contribution >= 0.6 is 0 Å². The lowest BCUT2D eigenvalue weighted by Gasteiger charge is -2.11. The van der Waals surface area contributed by atoms with E-state index in [1.807, 2.05) is 6.92 Å². The van der Waals surface area contributed by atoms with Gasteiger partial charge in [0.1, 0.15) is 11.5 Å². The highest BCUT2D eigenvalue weighted by Crippen LogP contribution is 2.33. The first-order valence-electron chi connectivity index (χ1n) is 13.4. The van der Waals surface area contributed by atoms with Crippen LogP contribution in [0, 0.1) is 17.5 Å². The molecular weight excluding hydrogens is 517 g/mol. The molecule has 4 aromatic carbocycles. The molecule has 0 saturated carbocycles. The second kappa shape index (κ2) is 13.7. The third-order valence-corrected chi connectivity index (χ3v) is 6.31. The van der Waals surface area contributed by atoms with Crippen LogP contribution in [0.2, 0.25) is 0 Å². The smallest absolute Gasteiger partial charge is 0.343 e. The van der Waals surface area contributed by atoms with Crippen molar-refractivity contribution in [2.45, 2.75) is 39.5 Å². The molecular formula is C33H31F3O4. The average Bonchev–Trinajstić information content (AvgIpc) is 2.96. The summed E-state index contributed by atoms with van der Waals surface area (Å²) in [6, 6.07) is 19.7. The first-order valence-corrected chi connectivity index (χ1v) is 13.4. The molecule has 0 unspecified atom stereocenters. The Morgan fingerprint density at radius 3 is 1.70 bits per heavy atom. The Morgan fingerprint density at radius 1 is 0.650 bits per heavy atom. The van der Waals surface area contributed by atoms with Crippen LogP contribution in [0.4, 0.5) is 13.2 Å². The number of unbranched alkanes of at least 4 members (excludes halogenated alkanes) is 2. The summed E-state index contributed by atoms with van der Waals surface area (Å²) in [5.41, 5.74) is 1.17. The summed E-state index contributed by atoms with van der Waals surface area (Å²) in [6.07, 6.45) is 3.67. The van der Waals surface area contributed by atoms with Gasteiger partial charge in [-0.1, -0.05) is 63.1 Å². The molecule has 4 rings (SSSR count). The third-order valence-electron chi connectivity index (χ3n) is 6.31. The van der Waals surface area contributed by atoms with E-state index in [0.29, 0.717) is 30.1 Å². The molecule has 4 nitrogen and oxygen atoms in total. The summed E-state index contributed by atoms with van der Waals surface area (Å²) in [5, 5.41) is 0. The van der Waals surface area contributed by atoms with Gasteiger partial charge in [0.15, 0.2) is 23.2 Å². The zero-order chi connectivity index (χ0) is 28.5. The number of hydrogen-bond donors (Lipinski definition) is 0. The highest BCUT2D eigenvalue weighted by Gasteiger charge is 2.17. The highest BCUT2D eigenvalue weighted by molar-refractivity contribution is 5.91. The Hall–Kier alpha value is -4.26. The lowest BCUT2D eigenvalue weighted by atomic mass is 9.98. The highest BCUT2D eigenvalue weighted by atomic mass is 19.2. The molecule has 0 fully saturated rings. The minimum Gasteiger partial charge on any atom is -0.494 e. The number of esters is 1. The van der Waals surface area contributed by atoms with Gasteiger partial charge in [-0.05, 0) is 66.4 Å². The number of carbonyl (C=O) groups is 1. The van der Waals surface area contributed by atoms with Crippen molar-refractivity contribution in [1.29, 1.82) is 0 Å². The van der Waals surface area contributed by atoms with Gasteiger partial charge in [-0.25, -0.2) is 18.0 Å². The van der Waals surface area contributed by atoms with Crippen LogP contribution in [-0.2, 0) is 0 Å². The molecule has 0 aromatic heterocycles. The van der Waals surface area contributed by atoms with Crippen molar-refractivity contribution in [1.82, 2.24) is 0 Å². The summed E-state index contributed by atoms with van der Waals surface area (Å²) in [5.74, 6) is -2.43. The van der Waals surface area contributed by atoms with Gasteiger partial charge in [0.2, 0.25) is 0 Å². The van der Waals surface area contributed by atoms with Crippen molar-refractivity contribution in [3.63, 3.8) is 0 Å². The van der Waals surface area contributed by atoms with Gasteiger partial charge in [-0.2, -0.15) is 0 Å². The van der Waals surface area contributed by atoms with Gasteiger partial charge in [0.05, 0.1) is 18.8 Å². The van der Waals surface area contributed by atoms with Gasteiger partial charge in [0.25, 0.3) is 0 Å². The first kappa shape index (κ1) is 28.7. The van der Waals surface area contributed by atoms with E-state index in [4.69, 9.17) is 14.2 Å². The lowest BCUT2D eigenvalue weighted by molar-refractivity contribution is 0.0734. The molecule has 0 aliphatic rings. The van der Waals surface area contributed by atoms with Crippen molar-refractivity contribution in [3.8, 4) is 39.5 Å². The van der Waals surface area contributed by atoms with E-state index >= 15 is 8.78 Å². The number of carbonyl (C=O) groups excluding carboxylic acids is 1. The minimum absolute atomic E-state index is 0.0219. The van der Waals surface area contributed by atoms with Gasteiger partial charge in [-0.15, -0.1) is 0 Å². The van der Waals surface area contributed by atoms with Crippen LogP contribution in [-0.4, -0.2) is 19.2 Å². The number of halogens is 3. The Kier molecular flexibility index (Phi) is 9.84. The molecule has 0 bridgehead atoms. The van der Waals surface area contributed by atoms with Crippen LogP contribution in [0.3, 0.4) is 0 Å². The molecule has 0 saturated heterocycles. The van der Waals surface area contributed by atoms with Crippen molar-refractivity contribution >= 4 is 5.97 Å². The number of benzene rings is 4. The first-order chi connectivity index (χ1) is 19.4. The van der Waals surface area contributed by atoms with E-state index in [9.17, 15) is 9.18 Å². The molecule has 0 amide bonds. The second-order valence-corrected chi connectivity index (χ2v) is 9.28. The molecule has 0 spiro atoms. The van der Waals surface area contributed by atoms with Crippen molar-refractivity contribution in [3.05, 3.63) is 102 Å².